The molecule has 1 aromatic carbocycles. The van der Waals surface area contributed by atoms with E-state index in [4.69, 9.17) is 0 Å². The largest absolute Gasteiger partial charge is 0.339 e. The summed E-state index contributed by atoms with van der Waals surface area (Å²) in [5.41, 5.74) is 1.38. The Morgan fingerprint density at radius 2 is 2.16 bits per heavy atom. The van der Waals surface area contributed by atoms with Crippen molar-refractivity contribution in [1.29, 1.82) is 0 Å². The SMILES string of the molecule is CC(C)(C)NCc1cc(Br)ccc1Sc1ncc[nH]1. The molecule has 0 saturated heterocycles. The highest BCUT2D eigenvalue weighted by atomic mass is 79.9. The van der Waals surface area contributed by atoms with E-state index in [2.05, 4.69) is 70.2 Å². The van der Waals surface area contributed by atoms with Gasteiger partial charge in [0.1, 0.15) is 0 Å². The van der Waals surface area contributed by atoms with Crippen LogP contribution in [0.1, 0.15) is 26.3 Å². The molecule has 0 saturated carbocycles. The normalized spacial score (nSPS) is 11.8. The smallest absolute Gasteiger partial charge is 0.170 e. The Labute approximate surface area is 126 Å². The monoisotopic (exact) mass is 339 g/mol. The Morgan fingerprint density at radius 1 is 1.37 bits per heavy atom. The van der Waals surface area contributed by atoms with E-state index in [1.807, 2.05) is 6.20 Å². The number of nitrogens with one attached hydrogen (secondary N) is 2. The summed E-state index contributed by atoms with van der Waals surface area (Å²) >= 11 is 5.19. The van der Waals surface area contributed by atoms with Gasteiger partial charge in [0, 0.05) is 33.8 Å². The van der Waals surface area contributed by atoms with Gasteiger partial charge in [0.25, 0.3) is 0 Å². The zero-order valence-electron chi connectivity index (χ0n) is 11.3. The molecule has 0 aliphatic carbocycles. The van der Waals surface area contributed by atoms with E-state index in [-0.39, 0.29) is 5.54 Å². The second-order valence-electron chi connectivity index (χ2n) is 5.35. The van der Waals surface area contributed by atoms with Crippen molar-refractivity contribution in [3.05, 3.63) is 40.6 Å². The Morgan fingerprint density at radius 3 is 2.79 bits per heavy atom. The van der Waals surface area contributed by atoms with Crippen LogP contribution in [0.5, 0.6) is 0 Å². The standard InChI is InChI=1S/C14H18BrN3S/c1-14(2,3)18-9-10-8-11(15)4-5-12(10)19-13-16-6-7-17-13/h4-8,18H,9H2,1-3H3,(H,16,17). The van der Waals surface area contributed by atoms with Crippen LogP contribution in [0.15, 0.2) is 45.1 Å². The number of nitrogens with zero attached hydrogens (tertiary/aromatic N) is 1. The first-order valence-electron chi connectivity index (χ1n) is 6.15. The third-order valence-corrected chi connectivity index (χ3v) is 4.04. The van der Waals surface area contributed by atoms with Crippen molar-refractivity contribution in [2.24, 2.45) is 0 Å². The Bertz CT molecular complexity index is 532. The van der Waals surface area contributed by atoms with Crippen molar-refractivity contribution in [3.63, 3.8) is 0 Å². The van der Waals surface area contributed by atoms with Crippen LogP contribution >= 0.6 is 27.7 Å². The van der Waals surface area contributed by atoms with Gasteiger partial charge >= 0.3 is 0 Å². The minimum absolute atomic E-state index is 0.106. The molecular weight excluding hydrogens is 322 g/mol. The summed E-state index contributed by atoms with van der Waals surface area (Å²) in [7, 11) is 0. The average Bonchev–Trinajstić information content (AvgIpc) is 2.81. The molecule has 0 unspecified atom stereocenters. The van der Waals surface area contributed by atoms with Crippen LogP contribution in [-0.2, 0) is 6.54 Å². The first kappa shape index (κ1) is 14.6. The predicted octanol–water partition coefficient (Wildman–Crippen LogP) is 4.21. The highest BCUT2D eigenvalue weighted by Gasteiger charge is 2.12. The van der Waals surface area contributed by atoms with Crippen molar-refractivity contribution >= 4 is 27.7 Å². The Kier molecular flexibility index (Phi) is 4.71. The molecule has 0 spiro atoms. The maximum Gasteiger partial charge on any atom is 0.170 e. The van der Waals surface area contributed by atoms with Gasteiger partial charge in [-0.2, -0.15) is 0 Å². The molecule has 0 aliphatic rings. The van der Waals surface area contributed by atoms with Gasteiger partial charge in [-0.15, -0.1) is 0 Å². The van der Waals surface area contributed by atoms with E-state index in [1.165, 1.54) is 10.5 Å². The van der Waals surface area contributed by atoms with Gasteiger partial charge in [-0.05, 0) is 44.5 Å². The molecule has 102 valence electrons. The van der Waals surface area contributed by atoms with Gasteiger partial charge in [0.15, 0.2) is 5.16 Å². The van der Waals surface area contributed by atoms with Gasteiger partial charge < -0.3 is 10.3 Å². The van der Waals surface area contributed by atoms with E-state index < -0.39 is 0 Å². The highest BCUT2D eigenvalue weighted by Crippen LogP contribution is 2.30. The van der Waals surface area contributed by atoms with Crippen molar-refractivity contribution < 1.29 is 0 Å². The molecule has 1 heterocycles. The molecule has 2 aromatic rings. The minimum atomic E-state index is 0.106. The first-order valence-corrected chi connectivity index (χ1v) is 7.76. The van der Waals surface area contributed by atoms with Gasteiger partial charge in [-0.3, -0.25) is 0 Å². The van der Waals surface area contributed by atoms with E-state index >= 15 is 0 Å². The number of imidazole rings is 1. The zero-order chi connectivity index (χ0) is 13.9. The summed E-state index contributed by atoms with van der Waals surface area (Å²) in [6.45, 7) is 7.35. The van der Waals surface area contributed by atoms with Crippen LogP contribution in [0.2, 0.25) is 0 Å². The molecule has 0 bridgehead atoms. The van der Waals surface area contributed by atoms with Gasteiger partial charge in [0.2, 0.25) is 0 Å². The Hall–Kier alpha value is -0.780. The number of H-pyrrole nitrogens is 1. The summed E-state index contributed by atoms with van der Waals surface area (Å²) < 4.78 is 1.10. The predicted molar refractivity (Wildman–Crippen MR) is 83.4 cm³/mol. The molecule has 2 rings (SSSR count). The highest BCUT2D eigenvalue weighted by molar-refractivity contribution is 9.10. The summed E-state index contributed by atoms with van der Waals surface area (Å²) in [6.07, 6.45) is 3.61. The van der Waals surface area contributed by atoms with E-state index in [0.717, 1.165) is 16.2 Å². The molecule has 0 atom stereocenters. The molecule has 5 heteroatoms. The topological polar surface area (TPSA) is 40.7 Å². The second-order valence-corrected chi connectivity index (χ2v) is 7.30. The summed E-state index contributed by atoms with van der Waals surface area (Å²) in [4.78, 5) is 8.60. The molecule has 0 fully saturated rings. The Balaban J connectivity index is 2.18. The van der Waals surface area contributed by atoms with Crippen molar-refractivity contribution in [1.82, 2.24) is 15.3 Å². The maximum absolute atomic E-state index is 4.26. The molecule has 0 aliphatic heterocycles. The van der Waals surface area contributed by atoms with E-state index in [0.29, 0.717) is 0 Å². The number of hydrogen-bond donors (Lipinski definition) is 2. The summed E-state index contributed by atoms with van der Waals surface area (Å²) in [5, 5.41) is 4.44. The molecule has 19 heavy (non-hydrogen) atoms. The number of aromatic amines is 1. The van der Waals surface area contributed by atoms with Crippen LogP contribution in [0.25, 0.3) is 0 Å². The molecule has 1 aromatic heterocycles. The van der Waals surface area contributed by atoms with Crippen LogP contribution in [0.4, 0.5) is 0 Å². The summed E-state index contributed by atoms with van der Waals surface area (Å²) in [6, 6.07) is 6.34. The van der Waals surface area contributed by atoms with Crippen LogP contribution in [-0.4, -0.2) is 15.5 Å². The third-order valence-electron chi connectivity index (χ3n) is 2.51. The van der Waals surface area contributed by atoms with E-state index in [9.17, 15) is 0 Å². The van der Waals surface area contributed by atoms with Gasteiger partial charge in [-0.1, -0.05) is 27.7 Å². The number of halogens is 1. The number of rotatable bonds is 4. The van der Waals surface area contributed by atoms with Gasteiger partial charge in [0.05, 0.1) is 0 Å². The van der Waals surface area contributed by atoms with Crippen LogP contribution in [0, 0.1) is 0 Å². The minimum Gasteiger partial charge on any atom is -0.339 e. The quantitative estimate of drug-likeness (QED) is 0.876. The number of benzene rings is 1. The van der Waals surface area contributed by atoms with Gasteiger partial charge in [-0.25, -0.2) is 4.98 Å². The lowest BCUT2D eigenvalue weighted by atomic mass is 10.1. The van der Waals surface area contributed by atoms with Crippen LogP contribution < -0.4 is 5.32 Å². The maximum atomic E-state index is 4.26. The summed E-state index contributed by atoms with van der Waals surface area (Å²) in [5.74, 6) is 0. The molecular formula is C14H18BrN3S. The van der Waals surface area contributed by atoms with Crippen molar-refractivity contribution in [2.45, 2.75) is 42.9 Å². The van der Waals surface area contributed by atoms with Crippen molar-refractivity contribution in [2.75, 3.05) is 0 Å². The lowest BCUT2D eigenvalue weighted by Gasteiger charge is -2.21. The number of aromatic nitrogens is 2. The van der Waals surface area contributed by atoms with Crippen LogP contribution in [0.3, 0.4) is 0 Å². The molecule has 3 nitrogen and oxygen atoms in total. The second kappa shape index (κ2) is 6.11. The lowest BCUT2D eigenvalue weighted by molar-refractivity contribution is 0.422. The van der Waals surface area contributed by atoms with Crippen molar-refractivity contribution in [3.8, 4) is 0 Å². The third kappa shape index (κ3) is 4.67. The fourth-order valence-electron chi connectivity index (χ4n) is 1.56. The lowest BCUT2D eigenvalue weighted by Crippen LogP contribution is -2.35. The first-order chi connectivity index (χ1) is 8.94. The number of hydrogen-bond acceptors (Lipinski definition) is 3. The zero-order valence-corrected chi connectivity index (χ0v) is 13.7. The fraction of sp³-hybridized carbons (Fsp3) is 0.357. The van der Waals surface area contributed by atoms with E-state index in [1.54, 1.807) is 18.0 Å². The molecule has 0 amide bonds. The molecule has 2 N–H and O–H groups in total. The average molecular weight is 340 g/mol. The molecule has 0 radical (unpaired) electrons. The fourth-order valence-corrected chi connectivity index (χ4v) is 2.81.